The molecule has 2 aromatic heterocycles. The van der Waals surface area contributed by atoms with Gasteiger partial charge >= 0.3 is 0 Å². The molecule has 0 aliphatic carbocycles. The summed E-state index contributed by atoms with van der Waals surface area (Å²) < 4.78 is 0. The Kier molecular flexibility index (Phi) is 4.86. The molecule has 5 rings (SSSR count). The summed E-state index contributed by atoms with van der Waals surface area (Å²) >= 11 is 0. The Labute approximate surface area is 181 Å². The Morgan fingerprint density at radius 2 is 2.03 bits per heavy atom. The molecule has 2 saturated heterocycles. The largest absolute Gasteiger partial charge is 0.368 e. The molecule has 2 aromatic rings. The summed E-state index contributed by atoms with van der Waals surface area (Å²) in [5, 5.41) is 8.94. The van der Waals surface area contributed by atoms with E-state index in [0.29, 0.717) is 5.69 Å². The SMILES string of the molecule is CC[C@]12N[C@H]1c1ncc(CN3CCN(c4ccc(C(=O)NC)nc4)CC3)cc1NC2=O. The van der Waals surface area contributed by atoms with Crippen molar-refractivity contribution >= 4 is 23.2 Å². The van der Waals surface area contributed by atoms with Crippen molar-refractivity contribution in [2.45, 2.75) is 31.5 Å². The minimum absolute atomic E-state index is 0.0437. The molecule has 3 N–H and O–H groups in total. The van der Waals surface area contributed by atoms with Gasteiger partial charge in [-0.1, -0.05) is 6.92 Å². The maximum atomic E-state index is 12.5. The number of rotatable bonds is 5. The van der Waals surface area contributed by atoms with Crippen molar-refractivity contribution in [2.24, 2.45) is 0 Å². The number of carbonyl (C=O) groups excluding carboxylic acids is 2. The second-order valence-electron chi connectivity index (χ2n) is 8.38. The third kappa shape index (κ3) is 3.43. The van der Waals surface area contributed by atoms with E-state index in [9.17, 15) is 9.59 Å². The van der Waals surface area contributed by atoms with E-state index in [0.717, 1.165) is 61.8 Å². The number of piperazine rings is 1. The molecule has 2 atom stereocenters. The molecule has 9 heteroatoms. The first-order chi connectivity index (χ1) is 15.0. The van der Waals surface area contributed by atoms with Crippen molar-refractivity contribution in [1.82, 2.24) is 25.5 Å². The minimum Gasteiger partial charge on any atom is -0.368 e. The van der Waals surface area contributed by atoms with Crippen LogP contribution in [0.3, 0.4) is 0 Å². The highest BCUT2D eigenvalue weighted by molar-refractivity contribution is 6.04. The second kappa shape index (κ2) is 7.58. The lowest BCUT2D eigenvalue weighted by atomic mass is 9.94. The van der Waals surface area contributed by atoms with Gasteiger partial charge in [-0.25, -0.2) is 4.98 Å². The summed E-state index contributed by atoms with van der Waals surface area (Å²) in [5.74, 6) is -0.125. The van der Waals surface area contributed by atoms with Crippen molar-refractivity contribution in [3.05, 3.63) is 47.5 Å². The van der Waals surface area contributed by atoms with Crippen molar-refractivity contribution in [3.63, 3.8) is 0 Å². The van der Waals surface area contributed by atoms with E-state index < -0.39 is 5.54 Å². The van der Waals surface area contributed by atoms with Crippen LogP contribution in [0.4, 0.5) is 11.4 Å². The quantitative estimate of drug-likeness (QED) is 0.615. The number of hydrogen-bond donors (Lipinski definition) is 3. The highest BCUT2D eigenvalue weighted by atomic mass is 16.2. The summed E-state index contributed by atoms with van der Waals surface area (Å²) in [4.78, 5) is 37.7. The zero-order chi connectivity index (χ0) is 21.6. The molecule has 2 amide bonds. The average molecular weight is 422 g/mol. The topological polar surface area (TPSA) is 112 Å². The first-order valence-corrected chi connectivity index (χ1v) is 10.8. The van der Waals surface area contributed by atoms with Gasteiger partial charge in [0.15, 0.2) is 0 Å². The van der Waals surface area contributed by atoms with Gasteiger partial charge in [0, 0.05) is 46.0 Å². The molecule has 0 spiro atoms. The smallest absolute Gasteiger partial charge is 0.269 e. The molecule has 0 aromatic carbocycles. The highest BCUT2D eigenvalue weighted by Gasteiger charge is 2.62. The monoisotopic (exact) mass is 421 g/mol. The third-order valence-corrected chi connectivity index (χ3v) is 6.62. The normalized spacial score (nSPS) is 24.8. The van der Waals surface area contributed by atoms with Gasteiger partial charge in [-0.3, -0.25) is 24.8 Å². The van der Waals surface area contributed by atoms with E-state index in [1.807, 2.05) is 19.2 Å². The number of pyridine rings is 2. The summed E-state index contributed by atoms with van der Waals surface area (Å²) in [5.41, 5.74) is 3.89. The Morgan fingerprint density at radius 1 is 1.23 bits per heavy atom. The van der Waals surface area contributed by atoms with Crippen LogP contribution in [0, 0.1) is 0 Å². The Morgan fingerprint density at radius 3 is 2.71 bits per heavy atom. The van der Waals surface area contributed by atoms with E-state index in [4.69, 9.17) is 0 Å². The van der Waals surface area contributed by atoms with Crippen molar-refractivity contribution in [1.29, 1.82) is 0 Å². The van der Waals surface area contributed by atoms with Gasteiger partial charge < -0.3 is 15.5 Å². The Bertz CT molecular complexity index is 1020. The van der Waals surface area contributed by atoms with E-state index in [-0.39, 0.29) is 17.9 Å². The van der Waals surface area contributed by atoms with Crippen LogP contribution in [0.1, 0.15) is 41.1 Å². The molecule has 0 radical (unpaired) electrons. The van der Waals surface area contributed by atoms with Gasteiger partial charge in [-0.05, 0) is 30.2 Å². The molecular weight excluding hydrogens is 394 g/mol. The van der Waals surface area contributed by atoms with E-state index in [1.165, 1.54) is 0 Å². The fourth-order valence-corrected chi connectivity index (χ4v) is 4.61. The van der Waals surface area contributed by atoms with E-state index in [2.05, 4.69) is 41.8 Å². The third-order valence-electron chi connectivity index (χ3n) is 6.62. The summed E-state index contributed by atoms with van der Waals surface area (Å²) in [6, 6.07) is 5.82. The molecule has 3 aliphatic heterocycles. The molecule has 9 nitrogen and oxygen atoms in total. The fourth-order valence-electron chi connectivity index (χ4n) is 4.61. The van der Waals surface area contributed by atoms with Crippen LogP contribution < -0.4 is 20.9 Å². The maximum absolute atomic E-state index is 12.5. The van der Waals surface area contributed by atoms with Crippen LogP contribution in [-0.4, -0.2) is 65.4 Å². The minimum atomic E-state index is -0.453. The highest BCUT2D eigenvalue weighted by Crippen LogP contribution is 2.49. The van der Waals surface area contributed by atoms with Crippen LogP contribution in [-0.2, 0) is 11.3 Å². The van der Waals surface area contributed by atoms with Gasteiger partial charge in [0.1, 0.15) is 11.2 Å². The average Bonchev–Trinajstić information content (AvgIpc) is 3.56. The molecule has 0 bridgehead atoms. The molecule has 0 unspecified atom stereocenters. The van der Waals surface area contributed by atoms with Crippen LogP contribution in [0.15, 0.2) is 30.6 Å². The van der Waals surface area contributed by atoms with Gasteiger partial charge in [-0.2, -0.15) is 0 Å². The number of carbonyl (C=O) groups is 2. The van der Waals surface area contributed by atoms with Crippen molar-refractivity contribution in [3.8, 4) is 0 Å². The number of nitrogens with zero attached hydrogens (tertiary/aromatic N) is 4. The number of aromatic nitrogens is 2. The lowest BCUT2D eigenvalue weighted by Crippen LogP contribution is -2.46. The van der Waals surface area contributed by atoms with Gasteiger partial charge in [0.25, 0.3) is 5.91 Å². The van der Waals surface area contributed by atoms with E-state index >= 15 is 0 Å². The molecule has 2 fully saturated rings. The predicted molar refractivity (Wildman–Crippen MR) is 117 cm³/mol. The molecule has 3 aliphatic rings. The molecular formula is C22H27N7O2. The first kappa shape index (κ1) is 19.9. The van der Waals surface area contributed by atoms with Gasteiger partial charge in [0.2, 0.25) is 5.91 Å². The molecule has 162 valence electrons. The lowest BCUT2D eigenvalue weighted by molar-refractivity contribution is -0.119. The van der Waals surface area contributed by atoms with Crippen LogP contribution in [0.25, 0.3) is 0 Å². The zero-order valence-corrected chi connectivity index (χ0v) is 17.8. The molecule has 0 saturated carbocycles. The molecule has 5 heterocycles. The summed E-state index contributed by atoms with van der Waals surface area (Å²) in [6.07, 6.45) is 4.46. The predicted octanol–water partition coefficient (Wildman–Crippen LogP) is 0.904. The van der Waals surface area contributed by atoms with Crippen molar-refractivity contribution < 1.29 is 9.59 Å². The number of hydrogen-bond acceptors (Lipinski definition) is 7. The molecule has 31 heavy (non-hydrogen) atoms. The van der Waals surface area contributed by atoms with Gasteiger partial charge in [0.05, 0.1) is 29.3 Å². The van der Waals surface area contributed by atoms with Crippen LogP contribution >= 0.6 is 0 Å². The Balaban J connectivity index is 1.19. The number of nitrogens with one attached hydrogen (secondary N) is 3. The summed E-state index contributed by atoms with van der Waals surface area (Å²) in [6.45, 7) is 6.45. The van der Waals surface area contributed by atoms with Crippen LogP contribution in [0.2, 0.25) is 0 Å². The number of amides is 2. The van der Waals surface area contributed by atoms with Crippen molar-refractivity contribution in [2.75, 3.05) is 43.4 Å². The Hall–Kier alpha value is -3.04. The second-order valence-corrected chi connectivity index (χ2v) is 8.38. The first-order valence-electron chi connectivity index (χ1n) is 10.8. The summed E-state index contributed by atoms with van der Waals surface area (Å²) in [7, 11) is 1.60. The number of fused-ring (bicyclic) bond motifs is 3. The van der Waals surface area contributed by atoms with E-state index in [1.54, 1.807) is 19.3 Å². The van der Waals surface area contributed by atoms with Crippen LogP contribution in [0.5, 0.6) is 0 Å². The van der Waals surface area contributed by atoms with Gasteiger partial charge in [-0.15, -0.1) is 0 Å². The fraction of sp³-hybridized carbons (Fsp3) is 0.455. The standard InChI is InChI=1S/C22H27N7O2/c1-3-22-19(27-22)18-17(26-21(22)31)10-14(11-25-18)13-28-6-8-29(9-7-28)15-4-5-16(24-12-15)20(30)23-2/h4-5,10-12,19,27H,3,6-9,13H2,1-2H3,(H,23,30)(H,26,31)/t19-,22-/m0/s1. The lowest BCUT2D eigenvalue weighted by Gasteiger charge is -2.36. The maximum Gasteiger partial charge on any atom is 0.269 e. The zero-order valence-electron chi connectivity index (χ0n) is 17.8. The number of anilines is 2.